The second-order valence-corrected chi connectivity index (χ2v) is 5.87. The highest BCUT2D eigenvalue weighted by molar-refractivity contribution is 5.93. The van der Waals surface area contributed by atoms with Gasteiger partial charge in [0.15, 0.2) is 0 Å². The molecule has 0 amide bonds. The third-order valence-corrected chi connectivity index (χ3v) is 2.97. The van der Waals surface area contributed by atoms with Gasteiger partial charge in [-0.05, 0) is 38.1 Å². The quantitative estimate of drug-likeness (QED) is 0.323. The predicted molar refractivity (Wildman–Crippen MR) is 98.3 cm³/mol. The van der Waals surface area contributed by atoms with E-state index in [4.69, 9.17) is 18.9 Å². The molecule has 0 aromatic heterocycles. The van der Waals surface area contributed by atoms with Crippen LogP contribution < -0.4 is 0 Å². The first-order valence-electron chi connectivity index (χ1n) is 8.28. The first kappa shape index (κ1) is 21.6. The summed E-state index contributed by atoms with van der Waals surface area (Å²) in [6, 6.07) is 6.08. The summed E-state index contributed by atoms with van der Waals surface area (Å²) in [5.41, 5.74) is 2.51. The Bertz CT molecular complexity index is 563. The summed E-state index contributed by atoms with van der Waals surface area (Å²) in [7, 11) is 0. The van der Waals surface area contributed by atoms with Crippen molar-refractivity contribution in [1.29, 1.82) is 0 Å². The molecular formula is C20H26O6. The average molecular weight is 362 g/mol. The van der Waals surface area contributed by atoms with E-state index >= 15 is 0 Å². The van der Waals surface area contributed by atoms with Crippen LogP contribution in [0.5, 0.6) is 0 Å². The van der Waals surface area contributed by atoms with Crippen LogP contribution in [-0.2, 0) is 18.9 Å². The highest BCUT2D eigenvalue weighted by Gasteiger charge is 2.11. The molecule has 1 aromatic rings. The molecule has 0 unspecified atom stereocenters. The summed E-state index contributed by atoms with van der Waals surface area (Å²) < 4.78 is 20.7. The Morgan fingerprint density at radius 3 is 1.38 bits per heavy atom. The van der Waals surface area contributed by atoms with E-state index in [9.17, 15) is 9.59 Å². The molecule has 0 atom stereocenters. The molecule has 1 aromatic carbocycles. The fourth-order valence-corrected chi connectivity index (χ4v) is 1.79. The molecule has 142 valence electrons. The van der Waals surface area contributed by atoms with E-state index in [0.29, 0.717) is 37.6 Å². The molecule has 0 aliphatic rings. The lowest BCUT2D eigenvalue weighted by Gasteiger charge is -2.08. The smallest absolute Gasteiger partial charge is 0.338 e. The summed E-state index contributed by atoms with van der Waals surface area (Å²) in [4.78, 5) is 23.8. The van der Waals surface area contributed by atoms with Gasteiger partial charge in [-0.1, -0.05) is 24.3 Å². The van der Waals surface area contributed by atoms with Gasteiger partial charge < -0.3 is 18.9 Å². The molecule has 0 N–H and O–H groups in total. The van der Waals surface area contributed by atoms with E-state index in [1.54, 1.807) is 0 Å². The standard InChI is InChI=1S/C20H26O6/c1-15(2)13-23-9-11-25-19(21)17-5-7-18(8-6-17)20(22)26-12-10-24-14-16(3)4/h5-8H,1,3,9-14H2,2,4H3. The minimum Gasteiger partial charge on any atom is -0.460 e. The van der Waals surface area contributed by atoms with Gasteiger partial charge in [-0.25, -0.2) is 9.59 Å². The number of hydrogen-bond acceptors (Lipinski definition) is 6. The topological polar surface area (TPSA) is 71.1 Å². The number of benzene rings is 1. The lowest BCUT2D eigenvalue weighted by atomic mass is 10.1. The summed E-state index contributed by atoms with van der Waals surface area (Å²) in [6.07, 6.45) is 0. The first-order valence-corrected chi connectivity index (χ1v) is 8.28. The highest BCUT2D eigenvalue weighted by atomic mass is 16.6. The molecule has 1 rings (SSSR count). The van der Waals surface area contributed by atoms with Gasteiger partial charge in [0.2, 0.25) is 0 Å². The van der Waals surface area contributed by atoms with Crippen LogP contribution in [0.2, 0.25) is 0 Å². The molecule has 0 bridgehead atoms. The van der Waals surface area contributed by atoms with Crippen LogP contribution in [0.3, 0.4) is 0 Å². The van der Waals surface area contributed by atoms with Crippen molar-refractivity contribution in [3.63, 3.8) is 0 Å². The molecule has 6 nitrogen and oxygen atoms in total. The maximum Gasteiger partial charge on any atom is 0.338 e. The molecular weight excluding hydrogens is 336 g/mol. The zero-order valence-corrected chi connectivity index (χ0v) is 15.4. The van der Waals surface area contributed by atoms with Crippen molar-refractivity contribution in [3.05, 3.63) is 59.7 Å². The number of carbonyl (C=O) groups excluding carboxylic acids is 2. The zero-order valence-electron chi connectivity index (χ0n) is 15.4. The predicted octanol–water partition coefficient (Wildman–Crippen LogP) is 3.19. The van der Waals surface area contributed by atoms with Gasteiger partial charge in [0, 0.05) is 0 Å². The number of carbonyl (C=O) groups is 2. The number of rotatable bonds is 12. The van der Waals surface area contributed by atoms with Crippen molar-refractivity contribution in [2.24, 2.45) is 0 Å². The van der Waals surface area contributed by atoms with E-state index in [0.717, 1.165) is 11.1 Å². The molecule has 0 saturated carbocycles. The highest BCUT2D eigenvalue weighted by Crippen LogP contribution is 2.08. The van der Waals surface area contributed by atoms with Crippen LogP contribution >= 0.6 is 0 Å². The van der Waals surface area contributed by atoms with Crippen LogP contribution in [0.25, 0.3) is 0 Å². The summed E-state index contributed by atoms with van der Waals surface area (Å²) in [5.74, 6) is -0.950. The summed E-state index contributed by atoms with van der Waals surface area (Å²) in [5, 5.41) is 0. The summed E-state index contributed by atoms with van der Waals surface area (Å²) >= 11 is 0. The number of hydrogen-bond donors (Lipinski definition) is 0. The third kappa shape index (κ3) is 9.15. The Morgan fingerprint density at radius 2 is 1.08 bits per heavy atom. The van der Waals surface area contributed by atoms with E-state index in [1.807, 2.05) is 13.8 Å². The molecule has 6 heteroatoms. The molecule has 0 heterocycles. The maximum absolute atomic E-state index is 11.9. The van der Waals surface area contributed by atoms with Crippen molar-refractivity contribution in [2.45, 2.75) is 13.8 Å². The van der Waals surface area contributed by atoms with Crippen LogP contribution in [0.15, 0.2) is 48.6 Å². The van der Waals surface area contributed by atoms with Crippen molar-refractivity contribution in [2.75, 3.05) is 39.6 Å². The van der Waals surface area contributed by atoms with Crippen molar-refractivity contribution < 1.29 is 28.5 Å². The summed E-state index contributed by atoms with van der Waals surface area (Å²) in [6.45, 7) is 12.9. The van der Waals surface area contributed by atoms with E-state index in [2.05, 4.69) is 13.2 Å². The maximum atomic E-state index is 11.9. The third-order valence-electron chi connectivity index (χ3n) is 2.97. The van der Waals surface area contributed by atoms with Crippen LogP contribution in [0.4, 0.5) is 0 Å². The van der Waals surface area contributed by atoms with Crippen molar-refractivity contribution in [3.8, 4) is 0 Å². The van der Waals surface area contributed by atoms with Gasteiger partial charge >= 0.3 is 11.9 Å². The number of esters is 2. The average Bonchev–Trinajstić information content (AvgIpc) is 2.60. The Hall–Kier alpha value is -2.44. The van der Waals surface area contributed by atoms with Gasteiger partial charge in [0.1, 0.15) is 13.2 Å². The number of ether oxygens (including phenoxy) is 4. The fraction of sp³-hybridized carbons (Fsp3) is 0.400. The molecule has 0 saturated heterocycles. The molecule has 0 radical (unpaired) electrons. The largest absolute Gasteiger partial charge is 0.460 e. The Morgan fingerprint density at radius 1 is 0.731 bits per heavy atom. The lowest BCUT2D eigenvalue weighted by molar-refractivity contribution is 0.0336. The Kier molecular flexibility index (Phi) is 9.97. The fourth-order valence-electron chi connectivity index (χ4n) is 1.79. The first-order chi connectivity index (χ1) is 12.4. The van der Waals surface area contributed by atoms with E-state index in [-0.39, 0.29) is 13.2 Å². The minimum atomic E-state index is -0.475. The molecule has 26 heavy (non-hydrogen) atoms. The zero-order chi connectivity index (χ0) is 19.4. The van der Waals surface area contributed by atoms with Gasteiger partial charge in [-0.2, -0.15) is 0 Å². The van der Waals surface area contributed by atoms with Gasteiger partial charge in [0.05, 0.1) is 37.6 Å². The van der Waals surface area contributed by atoms with Gasteiger partial charge in [-0.3, -0.25) is 0 Å². The molecule has 0 aliphatic carbocycles. The Labute approximate surface area is 154 Å². The van der Waals surface area contributed by atoms with Crippen molar-refractivity contribution in [1.82, 2.24) is 0 Å². The lowest BCUT2D eigenvalue weighted by Crippen LogP contribution is -2.13. The van der Waals surface area contributed by atoms with E-state index in [1.165, 1.54) is 24.3 Å². The second kappa shape index (κ2) is 12.0. The van der Waals surface area contributed by atoms with Crippen LogP contribution in [0, 0.1) is 0 Å². The van der Waals surface area contributed by atoms with Gasteiger partial charge in [0.25, 0.3) is 0 Å². The monoisotopic (exact) mass is 362 g/mol. The minimum absolute atomic E-state index is 0.153. The second-order valence-electron chi connectivity index (χ2n) is 5.87. The normalized spacial score (nSPS) is 10.2. The Balaban J connectivity index is 2.32. The van der Waals surface area contributed by atoms with E-state index < -0.39 is 11.9 Å². The van der Waals surface area contributed by atoms with Crippen LogP contribution in [-0.4, -0.2) is 51.6 Å². The van der Waals surface area contributed by atoms with Crippen molar-refractivity contribution >= 4 is 11.9 Å². The molecule has 0 aliphatic heterocycles. The SMILES string of the molecule is C=C(C)COCCOC(=O)c1ccc(C(=O)OCCOCC(=C)C)cc1. The van der Waals surface area contributed by atoms with Gasteiger partial charge in [-0.15, -0.1) is 0 Å². The van der Waals surface area contributed by atoms with Crippen LogP contribution in [0.1, 0.15) is 34.6 Å². The molecule has 0 spiro atoms. The molecule has 0 fully saturated rings.